The Bertz CT molecular complexity index is 909. The Labute approximate surface area is 163 Å². The van der Waals surface area contributed by atoms with E-state index < -0.39 is 8.07 Å². The first-order chi connectivity index (χ1) is 13.0. The molecule has 0 radical (unpaired) electrons. The van der Waals surface area contributed by atoms with E-state index in [2.05, 4.69) is 53.3 Å². The third-order valence-corrected chi connectivity index (χ3v) is 4.93. The minimum Gasteiger partial charge on any atom is -0.278 e. The van der Waals surface area contributed by atoms with Crippen molar-refractivity contribution in [1.82, 2.24) is 5.01 Å². The molecule has 1 heterocycles. The van der Waals surface area contributed by atoms with E-state index in [1.807, 2.05) is 53.5 Å². The van der Waals surface area contributed by atoms with E-state index in [1.165, 1.54) is 12.8 Å². The first-order valence-electron chi connectivity index (χ1n) is 9.40. The summed E-state index contributed by atoms with van der Waals surface area (Å²) >= 11 is 0. The zero-order chi connectivity index (χ0) is 19.1. The minimum atomic E-state index is -1.34. The lowest BCUT2D eigenvalue weighted by Crippen LogP contribution is -2.16. The number of nitrogens with zero attached hydrogens (tertiary/aromatic N) is 3. The second kappa shape index (κ2) is 8.71. The number of hydrogen-bond donors (Lipinski definition) is 0. The van der Waals surface area contributed by atoms with Gasteiger partial charge < -0.3 is 0 Å². The summed E-state index contributed by atoms with van der Waals surface area (Å²) in [5.41, 5.74) is 7.25. The van der Waals surface area contributed by atoms with Gasteiger partial charge in [0.1, 0.15) is 8.07 Å². The lowest BCUT2D eigenvalue weighted by atomic mass is 10.1. The van der Waals surface area contributed by atoms with Gasteiger partial charge in [0, 0.05) is 29.8 Å². The molecular weight excluding hydrogens is 346 g/mol. The fourth-order valence-electron chi connectivity index (χ4n) is 2.56. The summed E-state index contributed by atoms with van der Waals surface area (Å²) in [6.07, 6.45) is 2.42. The van der Waals surface area contributed by atoms with E-state index in [4.69, 9.17) is 0 Å². The second-order valence-electron chi connectivity index (χ2n) is 7.72. The van der Waals surface area contributed by atoms with Crippen molar-refractivity contribution >= 4 is 13.8 Å². The molecule has 0 aromatic heterocycles. The standard InChI is InChI=1S/C23H25N3Si/c1-27(2,3)19-16-22-10-8-20(9-11-22)6-7-21-12-14-23(15-13-21)24-25-26-17-4-5-18-26/h8-15H,4-5,17-18H2,1-3H3. The Morgan fingerprint density at radius 2 is 1.22 bits per heavy atom. The maximum atomic E-state index is 4.28. The Hall–Kier alpha value is -2.82. The molecule has 0 amide bonds. The third-order valence-electron chi connectivity index (χ3n) is 4.05. The molecule has 2 aromatic rings. The van der Waals surface area contributed by atoms with Crippen molar-refractivity contribution in [3.8, 4) is 23.3 Å². The largest absolute Gasteiger partial charge is 0.278 e. The van der Waals surface area contributed by atoms with Crippen molar-refractivity contribution in [2.45, 2.75) is 32.5 Å². The molecule has 0 unspecified atom stereocenters. The smallest absolute Gasteiger partial charge is 0.129 e. The molecule has 0 spiro atoms. The maximum absolute atomic E-state index is 4.28. The highest BCUT2D eigenvalue weighted by atomic mass is 28.3. The van der Waals surface area contributed by atoms with Crippen molar-refractivity contribution in [1.29, 1.82) is 0 Å². The van der Waals surface area contributed by atoms with Crippen LogP contribution in [0.5, 0.6) is 0 Å². The van der Waals surface area contributed by atoms with Gasteiger partial charge in [-0.15, -0.1) is 10.7 Å². The van der Waals surface area contributed by atoms with Crippen LogP contribution in [0.1, 0.15) is 29.5 Å². The van der Waals surface area contributed by atoms with Gasteiger partial charge in [0.25, 0.3) is 0 Å². The predicted octanol–water partition coefficient (Wildman–Crippen LogP) is 5.41. The first kappa shape index (κ1) is 19.0. The summed E-state index contributed by atoms with van der Waals surface area (Å²) in [5, 5.41) is 10.6. The quantitative estimate of drug-likeness (QED) is 0.394. The Morgan fingerprint density at radius 3 is 1.74 bits per heavy atom. The van der Waals surface area contributed by atoms with Crippen molar-refractivity contribution in [2.24, 2.45) is 10.3 Å². The molecule has 1 fully saturated rings. The zero-order valence-electron chi connectivity index (χ0n) is 16.3. The average molecular weight is 372 g/mol. The average Bonchev–Trinajstić information content (AvgIpc) is 3.18. The molecule has 1 aliphatic heterocycles. The van der Waals surface area contributed by atoms with Gasteiger partial charge in [-0.1, -0.05) is 42.6 Å². The van der Waals surface area contributed by atoms with Gasteiger partial charge in [-0.2, -0.15) is 0 Å². The Morgan fingerprint density at radius 1 is 0.741 bits per heavy atom. The molecule has 0 atom stereocenters. The third kappa shape index (κ3) is 6.44. The van der Waals surface area contributed by atoms with E-state index in [0.29, 0.717) is 0 Å². The van der Waals surface area contributed by atoms with Crippen LogP contribution in [0.4, 0.5) is 5.69 Å². The van der Waals surface area contributed by atoms with E-state index in [0.717, 1.165) is 35.5 Å². The molecule has 3 rings (SSSR count). The number of hydrogen-bond acceptors (Lipinski definition) is 2. The molecule has 27 heavy (non-hydrogen) atoms. The van der Waals surface area contributed by atoms with Crippen LogP contribution in [0.15, 0.2) is 58.9 Å². The van der Waals surface area contributed by atoms with Crippen molar-refractivity contribution < 1.29 is 0 Å². The van der Waals surface area contributed by atoms with Crippen LogP contribution in [0.25, 0.3) is 0 Å². The maximum Gasteiger partial charge on any atom is 0.129 e. The molecule has 1 saturated heterocycles. The molecule has 2 aromatic carbocycles. The van der Waals surface area contributed by atoms with Crippen molar-refractivity contribution in [2.75, 3.05) is 13.1 Å². The van der Waals surface area contributed by atoms with Crippen LogP contribution < -0.4 is 0 Å². The molecule has 3 nitrogen and oxygen atoms in total. The topological polar surface area (TPSA) is 28.0 Å². The summed E-state index contributed by atoms with van der Waals surface area (Å²) in [5.74, 6) is 9.67. The van der Waals surface area contributed by atoms with Gasteiger partial charge in [-0.05, 0) is 61.4 Å². The Balaban J connectivity index is 1.62. The molecule has 136 valence electrons. The highest BCUT2D eigenvalue weighted by molar-refractivity contribution is 6.83. The van der Waals surface area contributed by atoms with Gasteiger partial charge in [0.15, 0.2) is 0 Å². The number of benzene rings is 2. The van der Waals surface area contributed by atoms with Crippen LogP contribution in [-0.2, 0) is 0 Å². The van der Waals surface area contributed by atoms with Gasteiger partial charge in [0.2, 0.25) is 0 Å². The van der Waals surface area contributed by atoms with Gasteiger partial charge in [-0.3, -0.25) is 5.01 Å². The van der Waals surface area contributed by atoms with Gasteiger partial charge in [-0.25, -0.2) is 0 Å². The molecule has 0 saturated carbocycles. The van der Waals surface area contributed by atoms with Crippen molar-refractivity contribution in [3.05, 3.63) is 65.2 Å². The number of rotatable bonds is 2. The lowest BCUT2D eigenvalue weighted by molar-refractivity contribution is 0.336. The molecule has 4 heteroatoms. The van der Waals surface area contributed by atoms with Gasteiger partial charge >= 0.3 is 0 Å². The van der Waals surface area contributed by atoms with Crippen LogP contribution in [0.3, 0.4) is 0 Å². The highest BCUT2D eigenvalue weighted by Gasteiger charge is 2.08. The molecular formula is C23H25N3Si. The summed E-state index contributed by atoms with van der Waals surface area (Å²) in [4.78, 5) is 0. The summed E-state index contributed by atoms with van der Waals surface area (Å²) in [6.45, 7) is 8.77. The lowest BCUT2D eigenvalue weighted by Gasteiger charge is -2.06. The second-order valence-corrected chi connectivity index (χ2v) is 12.5. The Kier molecular flexibility index (Phi) is 6.11. The van der Waals surface area contributed by atoms with Crippen LogP contribution in [0, 0.1) is 23.3 Å². The van der Waals surface area contributed by atoms with Crippen LogP contribution in [-0.4, -0.2) is 26.2 Å². The highest BCUT2D eigenvalue weighted by Crippen LogP contribution is 2.16. The van der Waals surface area contributed by atoms with E-state index in [9.17, 15) is 0 Å². The molecule has 1 aliphatic rings. The van der Waals surface area contributed by atoms with E-state index >= 15 is 0 Å². The fourth-order valence-corrected chi connectivity index (χ4v) is 3.08. The molecule has 0 N–H and O–H groups in total. The van der Waals surface area contributed by atoms with Crippen molar-refractivity contribution in [3.63, 3.8) is 0 Å². The van der Waals surface area contributed by atoms with Gasteiger partial charge in [0.05, 0.1) is 5.69 Å². The molecule has 0 bridgehead atoms. The zero-order valence-corrected chi connectivity index (χ0v) is 17.3. The first-order valence-corrected chi connectivity index (χ1v) is 12.9. The fraction of sp³-hybridized carbons (Fsp3) is 0.304. The normalized spacial score (nSPS) is 13.8. The monoisotopic (exact) mass is 371 g/mol. The molecule has 0 aliphatic carbocycles. The SMILES string of the molecule is C[Si](C)(C)C#Cc1ccc(C#Cc2ccc(N=NN3CCCC3)cc2)cc1. The van der Waals surface area contributed by atoms with E-state index in [-0.39, 0.29) is 0 Å². The van der Waals surface area contributed by atoms with Crippen LogP contribution >= 0.6 is 0 Å². The summed E-state index contributed by atoms with van der Waals surface area (Å²) in [7, 11) is -1.34. The summed E-state index contributed by atoms with van der Waals surface area (Å²) in [6, 6.07) is 16.0. The van der Waals surface area contributed by atoms with Crippen LogP contribution in [0.2, 0.25) is 19.6 Å². The van der Waals surface area contributed by atoms with E-state index in [1.54, 1.807) is 0 Å². The predicted molar refractivity (Wildman–Crippen MR) is 114 cm³/mol. The summed E-state index contributed by atoms with van der Waals surface area (Å²) < 4.78 is 0. The minimum absolute atomic E-state index is 0.859.